The average molecular weight is 1620 g/mol. The molecule has 2 aromatic heterocycles. The van der Waals surface area contributed by atoms with E-state index in [0.717, 1.165) is 32.6 Å². The lowest BCUT2D eigenvalue weighted by Crippen LogP contribution is -3.00. The maximum Gasteiger partial charge on any atom is 0.399 e. The van der Waals surface area contributed by atoms with Crippen molar-refractivity contribution >= 4 is 145 Å². The van der Waals surface area contributed by atoms with Crippen LogP contribution in [0.15, 0.2) is 250 Å². The van der Waals surface area contributed by atoms with E-state index in [1.165, 1.54) is 147 Å². The summed E-state index contributed by atoms with van der Waals surface area (Å²) >= 11 is 6.90. The van der Waals surface area contributed by atoms with Gasteiger partial charge in [0.05, 0.1) is 54.8 Å². The number of fused-ring (bicyclic) bond motifs is 10. The molecule has 96 heavy (non-hydrogen) atoms. The summed E-state index contributed by atoms with van der Waals surface area (Å²) < 4.78 is 7.69. The number of aromatic nitrogens is 2. The third-order valence-electron chi connectivity index (χ3n) is 18.1. The van der Waals surface area contributed by atoms with E-state index in [2.05, 4.69) is 345 Å². The van der Waals surface area contributed by atoms with Gasteiger partial charge >= 0.3 is 3.98 Å². The van der Waals surface area contributed by atoms with Gasteiger partial charge in [0.1, 0.15) is 24.8 Å². The molecule has 14 rings (SSSR count). The molecule has 8 aromatic carbocycles. The zero-order valence-corrected chi connectivity index (χ0v) is 64.5. The highest BCUT2D eigenvalue weighted by atomic mass is 127. The molecule has 10 aromatic rings. The van der Waals surface area contributed by atoms with Gasteiger partial charge < -0.3 is 60.9 Å². The molecule has 4 aliphatic rings. The number of thiazole rings is 1. The highest BCUT2D eigenvalue weighted by molar-refractivity contribution is 14.1. The third kappa shape index (κ3) is 15.2. The number of hydrogen-bond acceptors (Lipinski definition) is 10. The summed E-state index contributed by atoms with van der Waals surface area (Å²) in [4.78, 5) is 22.7. The summed E-state index contributed by atoms with van der Waals surface area (Å²) in [5.41, 5.74) is 16.0. The molecular weight excluding hydrogens is 1540 g/mol. The molecule has 0 amide bonds. The Morgan fingerprint density at radius 1 is 0.646 bits per heavy atom. The number of hydrogen-bond donors (Lipinski definition) is 0. The Balaban J connectivity index is 0.000000162. The van der Waals surface area contributed by atoms with Crippen molar-refractivity contribution in [3.63, 3.8) is 0 Å². The van der Waals surface area contributed by atoms with Crippen molar-refractivity contribution in [2.24, 2.45) is 0 Å². The van der Waals surface area contributed by atoms with E-state index in [1.54, 1.807) is 0 Å². The quantitative estimate of drug-likeness (QED) is 0.0391. The van der Waals surface area contributed by atoms with E-state index < -0.39 is 3.98 Å². The Kier molecular flexibility index (Phi) is 25.0. The van der Waals surface area contributed by atoms with Crippen LogP contribution in [0.1, 0.15) is 90.4 Å². The van der Waals surface area contributed by atoms with E-state index in [1.807, 2.05) is 34.9 Å². The number of likely N-dealkylation sites (N-methyl/N-ethyl adjacent to an activating group) is 1. The second-order valence-corrected chi connectivity index (χ2v) is 28.3. The number of rotatable bonds is 12. The van der Waals surface area contributed by atoms with Crippen molar-refractivity contribution in [3.05, 3.63) is 262 Å². The fourth-order valence-electron chi connectivity index (χ4n) is 13.4. The van der Waals surface area contributed by atoms with Gasteiger partial charge in [0.2, 0.25) is 16.7 Å². The maximum atomic E-state index is 9.48. The third-order valence-corrected chi connectivity index (χ3v) is 21.6. The number of benzene rings is 8. The van der Waals surface area contributed by atoms with Crippen molar-refractivity contribution in [3.8, 4) is 0 Å². The van der Waals surface area contributed by atoms with Crippen LogP contribution in [0.3, 0.4) is 0 Å². The molecule has 0 N–H and O–H groups in total. The highest BCUT2D eigenvalue weighted by Crippen LogP contribution is 2.51. The van der Waals surface area contributed by atoms with Crippen molar-refractivity contribution < 1.29 is 74.6 Å². The Morgan fingerprint density at radius 2 is 1.26 bits per heavy atom. The van der Waals surface area contributed by atoms with Crippen molar-refractivity contribution in [2.45, 2.75) is 102 Å². The summed E-state index contributed by atoms with van der Waals surface area (Å²) in [6.45, 7) is 24.3. The van der Waals surface area contributed by atoms with Crippen molar-refractivity contribution in [1.82, 2.24) is 0 Å². The fraction of sp³-hybridized carbons (Fsp3) is 0.225. The SMILES string of the molecule is CCC(=Cc1sc2ccc3ccccc3c2[n+]1CC)C=C1Sc2ccc3ccccc3c2N1CC.CCN1C(=CC=Cc2cc3ccccc3[n+](CC)c2)Sc2ccccc21.CN1C(=CC=CC2=[N+](C)c3ccccc3C2(C)C)C(C)(C)c2ccccc21.O=C(I)OO[O-].[Br-].[I-]. The number of allylic oxidation sites excluding steroid dienone is 8. The number of pyridine rings is 1. The second kappa shape index (κ2) is 32.7. The average Bonchev–Trinajstić information content (AvgIpc) is 1.61. The number of thioether (sulfide) groups is 2. The molecule has 4 aliphatic heterocycles. The number of carbonyl (C=O) groups excluding carboxylic acids is 1. The molecule has 10 nitrogen and oxygen atoms in total. The van der Waals surface area contributed by atoms with Gasteiger partial charge in [-0.25, -0.2) is 9.83 Å². The van der Waals surface area contributed by atoms with Crippen LogP contribution in [0, 0.1) is 0 Å². The van der Waals surface area contributed by atoms with E-state index in [0.29, 0.717) is 0 Å². The van der Waals surface area contributed by atoms with Crippen LogP contribution in [-0.4, -0.2) is 41.4 Å². The standard InChI is InChI=1S/C31H29N2S2.C25H29N2.C23H23N2S.CHIO4.BrH.HI/c1-4-21(19-28-32(5-2)30-24-13-9-7-11-22(24)15-17-26(30)34-28)20-29-33(6-3)31-25-14-10-8-12-23(25)16-18-27(31)35-29;1-24(2)18-12-7-9-14-20(18)26(5)22(24)16-11-17-23-25(3,4)19-13-8-10-15-21(19)27(23)6;1-3-24-17-18(16-19-11-5-6-12-20(19)24)10-9-15-23-25(4-2)21-13-7-8-14-22(21)26-23;2-1(3)5-6-4;;/h7-20H,4-6H2,1-3H3;7-17H,1-6H3;5-17H,3-4H2,1-2H3;4H;2*1H/q3*+1;;;/p-3. The number of nitrogens with zero attached hydrogens (tertiary/aromatic N) is 6. The molecule has 0 saturated carbocycles. The number of halogens is 3. The van der Waals surface area contributed by atoms with E-state index in [9.17, 15) is 4.79 Å². The van der Waals surface area contributed by atoms with Gasteiger partial charge in [-0.15, -0.1) is 0 Å². The molecular formula is C80H81BrI2N6O4S3. The minimum Gasteiger partial charge on any atom is -1.00 e. The van der Waals surface area contributed by atoms with Crippen molar-refractivity contribution in [2.75, 3.05) is 41.9 Å². The number of anilines is 3. The van der Waals surface area contributed by atoms with Crippen LogP contribution in [0.25, 0.3) is 54.8 Å². The van der Waals surface area contributed by atoms with E-state index in [-0.39, 0.29) is 51.8 Å². The summed E-state index contributed by atoms with van der Waals surface area (Å²) in [5.74, 6) is 0. The Bertz CT molecular complexity index is 4740. The lowest BCUT2D eigenvalue weighted by Gasteiger charge is -2.23. The zero-order valence-electron chi connectivity index (χ0n) is 56.1. The van der Waals surface area contributed by atoms with Gasteiger partial charge in [-0.3, -0.25) is 4.89 Å². The van der Waals surface area contributed by atoms with Gasteiger partial charge in [-0.1, -0.05) is 183 Å². The lowest BCUT2D eigenvalue weighted by atomic mass is 9.81. The first-order chi connectivity index (χ1) is 45.5. The molecule has 6 heterocycles. The van der Waals surface area contributed by atoms with Crippen LogP contribution >= 0.6 is 57.5 Å². The van der Waals surface area contributed by atoms with Crippen LogP contribution in [0.4, 0.5) is 27.5 Å². The smallest absolute Gasteiger partial charge is 0.399 e. The number of aryl methyl sites for hydroxylation is 2. The molecule has 0 unspecified atom stereocenters. The minimum atomic E-state index is -0.775. The first-order valence-corrected chi connectivity index (χ1v) is 35.7. The van der Waals surface area contributed by atoms with Gasteiger partial charge in [-0.2, -0.15) is 13.7 Å². The van der Waals surface area contributed by atoms with Gasteiger partial charge in [0.25, 0.3) is 5.01 Å². The van der Waals surface area contributed by atoms with Gasteiger partial charge in [-0.05, 0) is 143 Å². The molecule has 0 aliphatic carbocycles. The lowest BCUT2D eigenvalue weighted by molar-refractivity contribution is -0.784. The molecule has 0 bridgehead atoms. The summed E-state index contributed by atoms with van der Waals surface area (Å²) in [6.07, 6.45) is 21.4. The summed E-state index contributed by atoms with van der Waals surface area (Å²) in [5, 5.41) is 22.0. The van der Waals surface area contributed by atoms with Crippen LogP contribution in [0.5, 0.6) is 0 Å². The fourth-order valence-corrected chi connectivity index (χ4v) is 17.1. The topological polar surface area (TPSA) is 79.1 Å². The predicted octanol–water partition coefficient (Wildman–Crippen LogP) is 13.7. The summed E-state index contributed by atoms with van der Waals surface area (Å²) in [6, 6.07) is 63.4. The number of carbonyl (C=O) groups is 1. The van der Waals surface area contributed by atoms with Crippen LogP contribution in [-0.2, 0) is 33.8 Å². The van der Waals surface area contributed by atoms with Crippen LogP contribution < -0.4 is 70.0 Å². The highest BCUT2D eigenvalue weighted by Gasteiger charge is 2.43. The Labute approximate surface area is 619 Å². The Morgan fingerprint density at radius 3 is 1.93 bits per heavy atom. The zero-order chi connectivity index (χ0) is 66.3. The second-order valence-electron chi connectivity index (χ2n) is 24.2. The molecule has 16 heteroatoms. The predicted molar refractivity (Wildman–Crippen MR) is 404 cm³/mol. The Hall–Kier alpha value is -6.88. The van der Waals surface area contributed by atoms with Crippen molar-refractivity contribution in [1.29, 1.82) is 0 Å². The van der Waals surface area contributed by atoms with E-state index in [4.69, 9.17) is 5.26 Å². The van der Waals surface area contributed by atoms with E-state index >= 15 is 0 Å². The molecule has 0 saturated heterocycles. The summed E-state index contributed by atoms with van der Waals surface area (Å²) in [7, 11) is 4.34. The maximum absolute atomic E-state index is 9.48. The first-order valence-electron chi connectivity index (χ1n) is 32.2. The van der Waals surface area contributed by atoms with Gasteiger partial charge in [0, 0.05) is 92.9 Å². The van der Waals surface area contributed by atoms with Crippen LogP contribution in [0.2, 0.25) is 0 Å². The first kappa shape index (κ1) is 73.4. The van der Waals surface area contributed by atoms with Gasteiger partial charge in [0.15, 0.2) is 11.9 Å². The monoisotopic (exact) mass is 1620 g/mol. The molecule has 0 atom stereocenters. The molecule has 0 radical (unpaired) electrons. The normalized spacial score (nSPS) is 16.1. The molecule has 494 valence electrons. The number of para-hydroxylation sites is 4. The molecule has 0 fully saturated rings. The molecule has 0 spiro atoms. The minimum absolute atomic E-state index is 0. The largest absolute Gasteiger partial charge is 1.00 e.